The third kappa shape index (κ3) is 4.23. The largest absolute Gasteiger partial charge is 0.488 e. The van der Waals surface area contributed by atoms with Gasteiger partial charge in [0.05, 0.1) is 23.4 Å². The monoisotopic (exact) mass is 400 g/mol. The molecule has 5 nitrogen and oxygen atoms in total. The molecule has 1 unspecified atom stereocenters. The maximum absolute atomic E-state index is 14.0. The summed E-state index contributed by atoms with van der Waals surface area (Å²) in [6.45, 7) is 0.0405. The van der Waals surface area contributed by atoms with Gasteiger partial charge in [0.1, 0.15) is 17.4 Å². The highest BCUT2D eigenvalue weighted by Crippen LogP contribution is 2.32. The average molecular weight is 400 g/mol. The van der Waals surface area contributed by atoms with Gasteiger partial charge in [-0.15, -0.1) is 0 Å². The van der Waals surface area contributed by atoms with Crippen LogP contribution in [0.5, 0.6) is 5.75 Å². The van der Waals surface area contributed by atoms with Crippen LogP contribution in [0, 0.1) is 17.6 Å². The van der Waals surface area contributed by atoms with Crippen molar-refractivity contribution >= 4 is 23.2 Å². The van der Waals surface area contributed by atoms with Crippen molar-refractivity contribution in [1.82, 2.24) is 0 Å². The summed E-state index contributed by atoms with van der Waals surface area (Å²) in [4.78, 5) is 26.3. The second-order valence-electron chi connectivity index (χ2n) is 7.51. The van der Waals surface area contributed by atoms with Gasteiger partial charge in [-0.05, 0) is 49.9 Å². The maximum Gasteiger partial charge on any atom is 0.229 e. The second-order valence-corrected chi connectivity index (χ2v) is 7.51. The molecule has 2 aromatic rings. The normalized spacial score (nSPS) is 19.6. The van der Waals surface area contributed by atoms with Gasteiger partial charge in [-0.2, -0.15) is 0 Å². The molecular formula is C22H22F2N2O3. The number of carbonyl (C=O) groups is 2. The zero-order valence-corrected chi connectivity index (χ0v) is 15.9. The molecule has 1 atom stereocenters. The van der Waals surface area contributed by atoms with Crippen LogP contribution >= 0.6 is 0 Å². The van der Waals surface area contributed by atoms with Crippen LogP contribution in [0.4, 0.5) is 20.2 Å². The van der Waals surface area contributed by atoms with Gasteiger partial charge >= 0.3 is 0 Å². The summed E-state index contributed by atoms with van der Waals surface area (Å²) in [5.74, 6) is -2.26. The fraction of sp³-hybridized carbons (Fsp3) is 0.364. The lowest BCUT2D eigenvalue weighted by Gasteiger charge is -2.19. The Morgan fingerprint density at radius 3 is 2.62 bits per heavy atom. The average Bonchev–Trinajstić information content (AvgIpc) is 3.33. The summed E-state index contributed by atoms with van der Waals surface area (Å²) in [5.41, 5.74) is 0.542. The van der Waals surface area contributed by atoms with Crippen LogP contribution in [0.25, 0.3) is 0 Å². The molecule has 7 heteroatoms. The first-order chi connectivity index (χ1) is 14.0. The van der Waals surface area contributed by atoms with E-state index in [1.54, 1.807) is 12.1 Å². The molecule has 0 radical (unpaired) electrons. The zero-order valence-electron chi connectivity index (χ0n) is 15.9. The van der Waals surface area contributed by atoms with Crippen molar-refractivity contribution in [2.24, 2.45) is 5.92 Å². The van der Waals surface area contributed by atoms with Crippen molar-refractivity contribution in [2.45, 2.75) is 38.2 Å². The van der Waals surface area contributed by atoms with E-state index in [1.807, 2.05) is 12.1 Å². The Labute approximate surface area is 167 Å². The predicted octanol–water partition coefficient (Wildman–Crippen LogP) is 4.28. The number of nitrogens with one attached hydrogen (secondary N) is 1. The maximum atomic E-state index is 14.0. The van der Waals surface area contributed by atoms with Crippen LogP contribution < -0.4 is 15.0 Å². The second kappa shape index (κ2) is 8.19. The Balaban J connectivity index is 1.45. The molecule has 2 aromatic carbocycles. The molecule has 2 fully saturated rings. The molecule has 2 aliphatic rings. The number of hydrogen-bond donors (Lipinski definition) is 1. The van der Waals surface area contributed by atoms with Gasteiger partial charge in [0.15, 0.2) is 0 Å². The molecule has 1 heterocycles. The van der Waals surface area contributed by atoms with Crippen LogP contribution in [0.3, 0.4) is 0 Å². The number of ether oxygens (including phenoxy) is 1. The fourth-order valence-electron chi connectivity index (χ4n) is 3.91. The van der Waals surface area contributed by atoms with E-state index >= 15 is 0 Å². The Morgan fingerprint density at radius 2 is 1.86 bits per heavy atom. The van der Waals surface area contributed by atoms with Gasteiger partial charge in [0.2, 0.25) is 11.8 Å². The van der Waals surface area contributed by atoms with Crippen LogP contribution in [-0.4, -0.2) is 24.5 Å². The number of amides is 2. The van der Waals surface area contributed by atoms with E-state index in [1.165, 1.54) is 11.0 Å². The lowest BCUT2D eigenvalue weighted by atomic mass is 10.1. The molecule has 0 bridgehead atoms. The Bertz CT molecular complexity index is 928. The Morgan fingerprint density at radius 1 is 1.10 bits per heavy atom. The third-order valence-electron chi connectivity index (χ3n) is 5.44. The molecular weight excluding hydrogens is 378 g/mol. The summed E-state index contributed by atoms with van der Waals surface area (Å²) in [6.07, 6.45) is 4.39. The van der Waals surface area contributed by atoms with Crippen molar-refractivity contribution in [3.8, 4) is 5.75 Å². The number of hydrogen-bond acceptors (Lipinski definition) is 3. The van der Waals surface area contributed by atoms with E-state index < -0.39 is 17.6 Å². The number of halogens is 2. The number of carbonyl (C=O) groups excluding carboxylic acids is 2. The minimum Gasteiger partial charge on any atom is -0.488 e. The highest BCUT2D eigenvalue weighted by atomic mass is 19.1. The van der Waals surface area contributed by atoms with Crippen molar-refractivity contribution in [3.05, 3.63) is 54.1 Å². The first-order valence-electron chi connectivity index (χ1n) is 9.83. The molecule has 152 valence electrons. The van der Waals surface area contributed by atoms with Crippen LogP contribution in [0.1, 0.15) is 32.1 Å². The molecule has 1 aliphatic carbocycles. The third-order valence-corrected chi connectivity index (χ3v) is 5.44. The van der Waals surface area contributed by atoms with E-state index in [2.05, 4.69) is 5.32 Å². The molecule has 0 aromatic heterocycles. The molecule has 4 rings (SSSR count). The highest BCUT2D eigenvalue weighted by Gasteiger charge is 2.36. The van der Waals surface area contributed by atoms with Crippen LogP contribution in [0.15, 0.2) is 42.5 Å². The quantitative estimate of drug-likeness (QED) is 0.815. The first kappa shape index (κ1) is 19.4. The van der Waals surface area contributed by atoms with Gasteiger partial charge in [-0.1, -0.05) is 12.1 Å². The summed E-state index contributed by atoms with van der Waals surface area (Å²) in [5, 5.41) is 2.85. The topological polar surface area (TPSA) is 58.6 Å². The molecule has 1 aliphatic heterocycles. The van der Waals surface area contributed by atoms with Gasteiger partial charge in [0, 0.05) is 19.0 Å². The molecule has 0 spiro atoms. The predicted molar refractivity (Wildman–Crippen MR) is 105 cm³/mol. The van der Waals surface area contributed by atoms with Gasteiger partial charge in [-0.25, -0.2) is 8.78 Å². The lowest BCUT2D eigenvalue weighted by molar-refractivity contribution is -0.122. The minimum atomic E-state index is -0.824. The van der Waals surface area contributed by atoms with Crippen LogP contribution in [-0.2, 0) is 9.59 Å². The summed E-state index contributed by atoms with van der Waals surface area (Å²) < 4.78 is 33.2. The summed E-state index contributed by atoms with van der Waals surface area (Å²) in [7, 11) is 0. The summed E-state index contributed by atoms with van der Waals surface area (Å²) in [6, 6.07) is 10.3. The van der Waals surface area contributed by atoms with Crippen molar-refractivity contribution < 1.29 is 23.1 Å². The zero-order chi connectivity index (χ0) is 20.4. The fourth-order valence-corrected chi connectivity index (χ4v) is 3.91. The number of benzene rings is 2. The molecule has 1 saturated carbocycles. The number of para-hydroxylation sites is 2. The van der Waals surface area contributed by atoms with Gasteiger partial charge in [-0.3, -0.25) is 9.59 Å². The lowest BCUT2D eigenvalue weighted by Crippen LogP contribution is -2.29. The standard InChI is InChI=1S/C22H22F2N2O3/c23-15-9-10-19(17(24)12-15)26-13-14(11-21(26)27)22(28)25-18-7-3-4-8-20(18)29-16-5-1-2-6-16/h3-4,7-10,12,14,16H,1-2,5-6,11,13H2,(H,25,28). The Kier molecular flexibility index (Phi) is 5.47. The number of anilines is 2. The highest BCUT2D eigenvalue weighted by molar-refractivity contribution is 6.04. The van der Waals surface area contributed by atoms with E-state index in [9.17, 15) is 18.4 Å². The number of nitrogens with zero attached hydrogens (tertiary/aromatic N) is 1. The van der Waals surface area contributed by atoms with E-state index in [4.69, 9.17) is 4.74 Å². The molecule has 29 heavy (non-hydrogen) atoms. The molecule has 1 N–H and O–H groups in total. The Hall–Kier alpha value is -2.96. The van der Waals surface area contributed by atoms with Crippen molar-refractivity contribution in [3.63, 3.8) is 0 Å². The first-order valence-corrected chi connectivity index (χ1v) is 9.83. The summed E-state index contributed by atoms with van der Waals surface area (Å²) >= 11 is 0. The molecule has 2 amide bonds. The SMILES string of the molecule is O=C(Nc1ccccc1OC1CCCC1)C1CC(=O)N(c2ccc(F)cc2F)C1. The van der Waals surface area contributed by atoms with E-state index in [0.717, 1.165) is 37.8 Å². The van der Waals surface area contributed by atoms with Crippen LogP contribution in [0.2, 0.25) is 0 Å². The van der Waals surface area contributed by atoms with E-state index in [0.29, 0.717) is 11.4 Å². The molecule has 1 saturated heterocycles. The van der Waals surface area contributed by atoms with Gasteiger partial charge < -0.3 is 15.0 Å². The minimum absolute atomic E-state index is 0.0170. The number of rotatable bonds is 5. The van der Waals surface area contributed by atoms with Crippen molar-refractivity contribution in [2.75, 3.05) is 16.8 Å². The van der Waals surface area contributed by atoms with E-state index in [-0.39, 0.29) is 36.6 Å². The smallest absolute Gasteiger partial charge is 0.229 e. The van der Waals surface area contributed by atoms with Crippen molar-refractivity contribution in [1.29, 1.82) is 0 Å². The van der Waals surface area contributed by atoms with Gasteiger partial charge in [0.25, 0.3) is 0 Å².